The van der Waals surface area contributed by atoms with Crippen LogP contribution in [0.25, 0.3) is 10.1 Å². The molecule has 0 spiro atoms. The number of benzene rings is 2. The van der Waals surface area contributed by atoms with E-state index >= 15 is 0 Å². The monoisotopic (exact) mass is 679 g/mol. The van der Waals surface area contributed by atoms with Gasteiger partial charge in [-0.25, -0.2) is 4.79 Å². The number of aryl methyl sites for hydroxylation is 1. The average molecular weight is 680 g/mol. The van der Waals surface area contributed by atoms with Gasteiger partial charge in [0.05, 0.1) is 5.00 Å². The van der Waals surface area contributed by atoms with E-state index in [1.165, 1.54) is 11.3 Å². The van der Waals surface area contributed by atoms with Gasteiger partial charge in [-0.3, -0.25) is 24.7 Å². The number of anilines is 1. The number of nitrogens with two attached hydrogens (primary N) is 2. The fourth-order valence-corrected chi connectivity index (χ4v) is 6.93. The van der Waals surface area contributed by atoms with Crippen LogP contribution >= 0.6 is 22.9 Å². The first kappa shape index (κ1) is 35.6. The fourth-order valence-electron chi connectivity index (χ4n) is 5.67. The molecule has 3 atom stereocenters. The van der Waals surface area contributed by atoms with Gasteiger partial charge < -0.3 is 27.4 Å². The third kappa shape index (κ3) is 10.7. The van der Waals surface area contributed by atoms with Gasteiger partial charge in [-0.05, 0) is 67.3 Å². The van der Waals surface area contributed by atoms with Gasteiger partial charge >= 0.3 is 0 Å². The number of guanidine groups is 1. The number of nitrogens with zero attached hydrogens (tertiary/aromatic N) is 1. The largest absolute Gasteiger partial charge is 0.370 e. The predicted molar refractivity (Wildman–Crippen MR) is 188 cm³/mol. The molecule has 250 valence electrons. The predicted octanol–water partition coefficient (Wildman–Crippen LogP) is 3.75. The van der Waals surface area contributed by atoms with Crippen molar-refractivity contribution in [3.63, 3.8) is 0 Å². The van der Waals surface area contributed by atoms with E-state index in [1.807, 2.05) is 49.4 Å². The van der Waals surface area contributed by atoms with Gasteiger partial charge in [-0.2, -0.15) is 0 Å². The lowest BCUT2D eigenvalue weighted by Crippen LogP contribution is -2.56. The van der Waals surface area contributed by atoms with E-state index in [2.05, 4.69) is 26.3 Å². The number of carbonyl (C=O) groups excluding carboxylic acids is 4. The SMILES string of the molecule is Cc1c(NC(=O)[C@H](Cc2ccccc2)NC(=O)[C@H](CCCN=C(N)N)NC(=O)[C@H](C=C=O)NC2CCCCC2)sc2ccc(Cl)cc12. The third-order valence-corrected chi connectivity index (χ3v) is 9.59. The summed E-state index contributed by atoms with van der Waals surface area (Å²) in [7, 11) is 0. The second-order valence-corrected chi connectivity index (χ2v) is 13.2. The molecule has 0 bridgehead atoms. The number of rotatable bonds is 15. The van der Waals surface area contributed by atoms with Crippen LogP contribution in [0.2, 0.25) is 5.02 Å². The molecule has 47 heavy (non-hydrogen) atoms. The van der Waals surface area contributed by atoms with Crippen molar-refractivity contribution in [1.29, 1.82) is 0 Å². The van der Waals surface area contributed by atoms with Gasteiger partial charge in [0.2, 0.25) is 17.7 Å². The number of hydrogen-bond donors (Lipinski definition) is 6. The molecule has 0 radical (unpaired) electrons. The summed E-state index contributed by atoms with van der Waals surface area (Å²) >= 11 is 7.63. The number of hydrogen-bond acceptors (Lipinski definition) is 7. The fraction of sp³-hybridized carbons (Fsp3) is 0.412. The van der Waals surface area contributed by atoms with E-state index in [-0.39, 0.29) is 31.4 Å². The van der Waals surface area contributed by atoms with Gasteiger partial charge in [0.25, 0.3) is 0 Å². The lowest BCUT2D eigenvalue weighted by atomic mass is 9.95. The Kier molecular flexibility index (Phi) is 13.4. The summed E-state index contributed by atoms with van der Waals surface area (Å²) in [5.74, 6) is 0.138. The molecule has 11 nitrogen and oxygen atoms in total. The molecule has 8 N–H and O–H groups in total. The van der Waals surface area contributed by atoms with Gasteiger partial charge in [-0.1, -0.05) is 61.2 Å². The summed E-state index contributed by atoms with van der Waals surface area (Å²) in [6, 6.07) is 12.0. The highest BCUT2D eigenvalue weighted by atomic mass is 35.5. The first-order valence-corrected chi connectivity index (χ1v) is 17.0. The second-order valence-electron chi connectivity index (χ2n) is 11.7. The minimum atomic E-state index is -1.04. The Hall–Kier alpha value is -4.22. The number of carbonyl (C=O) groups is 3. The Morgan fingerprint density at radius 3 is 2.45 bits per heavy atom. The summed E-state index contributed by atoms with van der Waals surface area (Å²) in [6.07, 6.45) is 6.88. The molecular formula is C34H42ClN7O4S. The quantitative estimate of drug-likeness (QED) is 0.0612. The van der Waals surface area contributed by atoms with Crippen LogP contribution < -0.4 is 32.7 Å². The highest BCUT2D eigenvalue weighted by Gasteiger charge is 2.30. The van der Waals surface area contributed by atoms with Crippen LogP contribution in [0.15, 0.2) is 59.6 Å². The van der Waals surface area contributed by atoms with Gasteiger partial charge in [-0.15, -0.1) is 11.3 Å². The summed E-state index contributed by atoms with van der Waals surface area (Å²) in [5.41, 5.74) is 12.7. The van der Waals surface area contributed by atoms with Crippen LogP contribution in [0.5, 0.6) is 0 Å². The Morgan fingerprint density at radius 2 is 1.74 bits per heavy atom. The molecule has 13 heteroatoms. The van der Waals surface area contributed by atoms with Crippen molar-refractivity contribution in [2.75, 3.05) is 11.9 Å². The van der Waals surface area contributed by atoms with Crippen LogP contribution in [0.3, 0.4) is 0 Å². The third-order valence-electron chi connectivity index (χ3n) is 8.17. The van der Waals surface area contributed by atoms with Crippen molar-refractivity contribution in [2.24, 2.45) is 16.5 Å². The zero-order valence-corrected chi connectivity index (χ0v) is 28.0. The van der Waals surface area contributed by atoms with Crippen molar-refractivity contribution in [1.82, 2.24) is 16.0 Å². The van der Waals surface area contributed by atoms with Gasteiger partial charge in [0.1, 0.15) is 24.1 Å². The van der Waals surface area contributed by atoms with Crippen LogP contribution in [0.1, 0.15) is 56.1 Å². The summed E-state index contributed by atoms with van der Waals surface area (Å²) in [4.78, 5) is 56.4. The standard InChI is InChI=1S/C34H42ClN7O4S/c1-21-25-20-23(35)14-15-29(25)47-33(21)42-32(46)28(19-22-9-4-2-5-10-22)41-30(44)26(13-8-17-38-34(36)37)40-31(45)27(16-18-43)39-24-11-6-3-7-12-24/h2,4-5,9-10,14-16,20,24,26-28,39H,3,6-8,11-13,17,19H2,1H3,(H,40,45)(H,41,44)(H,42,46)(H4,36,37,38)/t26-,27-,28-/m0/s1. The minimum absolute atomic E-state index is 0.0746. The second kappa shape index (κ2) is 17.6. The van der Waals surface area contributed by atoms with Crippen LogP contribution in [-0.2, 0) is 25.6 Å². The molecule has 0 unspecified atom stereocenters. The molecule has 3 amide bonds. The van der Waals surface area contributed by atoms with Crippen molar-refractivity contribution < 1.29 is 19.2 Å². The Labute approximate surface area is 283 Å². The molecule has 1 aromatic heterocycles. The van der Waals surface area contributed by atoms with Crippen molar-refractivity contribution in [2.45, 2.75) is 82.5 Å². The van der Waals surface area contributed by atoms with E-state index in [1.54, 1.807) is 12.0 Å². The molecule has 2 aromatic carbocycles. The number of halogens is 1. The molecule has 1 heterocycles. The van der Waals surface area contributed by atoms with Crippen molar-refractivity contribution >= 4 is 67.6 Å². The lowest BCUT2D eigenvalue weighted by molar-refractivity contribution is -0.131. The Bertz CT molecular complexity index is 1610. The summed E-state index contributed by atoms with van der Waals surface area (Å²) < 4.78 is 0.968. The van der Waals surface area contributed by atoms with Crippen LogP contribution in [-0.4, -0.2) is 60.3 Å². The Balaban J connectivity index is 1.54. The lowest BCUT2D eigenvalue weighted by Gasteiger charge is -2.28. The molecule has 1 saturated carbocycles. The Morgan fingerprint density at radius 1 is 1.02 bits per heavy atom. The van der Waals surface area contributed by atoms with Crippen LogP contribution in [0, 0.1) is 6.92 Å². The van der Waals surface area contributed by atoms with Crippen molar-refractivity contribution in [3.8, 4) is 0 Å². The maximum Gasteiger partial charge on any atom is 0.247 e. The van der Waals surface area contributed by atoms with Gasteiger partial charge in [0, 0.05) is 34.8 Å². The highest BCUT2D eigenvalue weighted by Crippen LogP contribution is 2.36. The number of aliphatic imine (C=N–C) groups is 1. The molecular weight excluding hydrogens is 638 g/mol. The smallest absolute Gasteiger partial charge is 0.247 e. The number of amides is 3. The molecule has 3 aromatic rings. The molecule has 1 aliphatic carbocycles. The first-order chi connectivity index (χ1) is 22.6. The highest BCUT2D eigenvalue weighted by molar-refractivity contribution is 7.23. The number of thiophene rings is 1. The summed E-state index contributed by atoms with van der Waals surface area (Å²) in [5, 5.41) is 14.1. The zero-order chi connectivity index (χ0) is 33.8. The van der Waals surface area contributed by atoms with Crippen molar-refractivity contribution in [3.05, 3.63) is 70.8 Å². The molecule has 1 fully saturated rings. The van der Waals surface area contributed by atoms with E-state index in [0.717, 1.165) is 59.4 Å². The normalized spacial score (nSPS) is 15.1. The molecule has 0 aliphatic heterocycles. The maximum absolute atomic E-state index is 13.9. The number of fused-ring (bicyclic) bond motifs is 1. The van der Waals surface area contributed by atoms with Crippen LogP contribution in [0.4, 0.5) is 5.00 Å². The average Bonchev–Trinajstić information content (AvgIpc) is 3.36. The molecule has 1 aliphatic rings. The number of nitrogens with one attached hydrogen (secondary N) is 4. The van der Waals surface area contributed by atoms with E-state index in [0.29, 0.717) is 16.4 Å². The molecule has 0 saturated heterocycles. The zero-order valence-electron chi connectivity index (χ0n) is 26.4. The van der Waals surface area contributed by atoms with E-state index < -0.39 is 35.8 Å². The minimum Gasteiger partial charge on any atom is -0.370 e. The van der Waals surface area contributed by atoms with Gasteiger partial charge in [0.15, 0.2) is 5.96 Å². The topological polar surface area (TPSA) is 181 Å². The summed E-state index contributed by atoms with van der Waals surface area (Å²) in [6.45, 7) is 2.15. The first-order valence-electron chi connectivity index (χ1n) is 15.8. The molecule has 4 rings (SSSR count). The van der Waals surface area contributed by atoms with E-state index in [4.69, 9.17) is 23.1 Å². The van der Waals surface area contributed by atoms with E-state index in [9.17, 15) is 19.2 Å². The maximum atomic E-state index is 13.9.